The third-order valence-electron chi connectivity index (χ3n) is 2.10. The predicted molar refractivity (Wildman–Crippen MR) is 61.8 cm³/mol. The van der Waals surface area contributed by atoms with Crippen molar-refractivity contribution in [1.29, 1.82) is 0 Å². The van der Waals surface area contributed by atoms with Crippen LogP contribution in [0.1, 0.15) is 5.69 Å². The molecule has 4 heteroatoms. The Morgan fingerprint density at radius 3 is 2.73 bits per heavy atom. The molecule has 76 valence electrons. The number of aromatic nitrogens is 3. The van der Waals surface area contributed by atoms with Crippen molar-refractivity contribution in [2.45, 2.75) is 12.1 Å². The van der Waals surface area contributed by atoms with Crippen LogP contribution in [0.4, 0.5) is 0 Å². The van der Waals surface area contributed by atoms with Crippen LogP contribution in [0.3, 0.4) is 0 Å². The van der Waals surface area contributed by atoms with Crippen molar-refractivity contribution >= 4 is 11.8 Å². The molecule has 0 saturated heterocycles. The molecule has 0 N–H and O–H groups in total. The maximum Gasteiger partial charge on any atom is 0.187 e. The van der Waals surface area contributed by atoms with Crippen molar-refractivity contribution in [3.8, 4) is 11.3 Å². The van der Waals surface area contributed by atoms with Crippen LogP contribution in [-0.2, 0) is 0 Å². The highest BCUT2D eigenvalue weighted by molar-refractivity contribution is 7.98. The molecule has 0 saturated carbocycles. The Bertz CT molecular complexity index is 471. The molecule has 0 bridgehead atoms. The molecule has 0 aliphatic carbocycles. The summed E-state index contributed by atoms with van der Waals surface area (Å²) in [4.78, 5) is 12.8. The van der Waals surface area contributed by atoms with Crippen LogP contribution >= 0.6 is 11.8 Å². The lowest BCUT2D eigenvalue weighted by Gasteiger charge is -2.04. The van der Waals surface area contributed by atoms with Gasteiger partial charge in [-0.25, -0.2) is 9.97 Å². The van der Waals surface area contributed by atoms with E-state index < -0.39 is 0 Å². The van der Waals surface area contributed by atoms with Gasteiger partial charge in [-0.1, -0.05) is 11.8 Å². The summed E-state index contributed by atoms with van der Waals surface area (Å²) in [7, 11) is 0. The molecule has 0 atom stereocenters. The molecule has 0 aliphatic rings. The maximum atomic E-state index is 4.43. The number of pyridine rings is 1. The van der Waals surface area contributed by atoms with Gasteiger partial charge < -0.3 is 0 Å². The van der Waals surface area contributed by atoms with Gasteiger partial charge in [-0.3, -0.25) is 4.98 Å². The van der Waals surface area contributed by atoms with Crippen LogP contribution in [0.15, 0.2) is 35.7 Å². The van der Waals surface area contributed by atoms with E-state index in [4.69, 9.17) is 0 Å². The van der Waals surface area contributed by atoms with E-state index in [0.29, 0.717) is 0 Å². The summed E-state index contributed by atoms with van der Waals surface area (Å²) in [6.07, 6.45) is 5.53. The Morgan fingerprint density at radius 1 is 1.13 bits per heavy atom. The van der Waals surface area contributed by atoms with Crippen molar-refractivity contribution in [2.75, 3.05) is 6.26 Å². The zero-order valence-corrected chi connectivity index (χ0v) is 9.45. The van der Waals surface area contributed by atoms with Gasteiger partial charge in [-0.05, 0) is 31.4 Å². The van der Waals surface area contributed by atoms with Crippen LogP contribution < -0.4 is 0 Å². The van der Waals surface area contributed by atoms with Crippen molar-refractivity contribution in [3.63, 3.8) is 0 Å². The van der Waals surface area contributed by atoms with E-state index in [9.17, 15) is 0 Å². The summed E-state index contributed by atoms with van der Waals surface area (Å²) in [6, 6.07) is 5.85. The summed E-state index contributed by atoms with van der Waals surface area (Å²) < 4.78 is 0. The van der Waals surface area contributed by atoms with Gasteiger partial charge in [0.25, 0.3) is 0 Å². The number of aryl methyl sites for hydroxylation is 1. The average molecular weight is 217 g/mol. The molecule has 2 heterocycles. The molecule has 0 unspecified atom stereocenters. The zero-order valence-electron chi connectivity index (χ0n) is 8.64. The van der Waals surface area contributed by atoms with Gasteiger partial charge in [-0.15, -0.1) is 0 Å². The van der Waals surface area contributed by atoms with Crippen molar-refractivity contribution in [2.24, 2.45) is 0 Å². The molecule has 2 aromatic rings. The van der Waals surface area contributed by atoms with Gasteiger partial charge in [0.15, 0.2) is 5.16 Å². The number of hydrogen-bond acceptors (Lipinski definition) is 4. The van der Waals surface area contributed by atoms with Gasteiger partial charge in [0.1, 0.15) is 0 Å². The van der Waals surface area contributed by atoms with Crippen LogP contribution in [0.25, 0.3) is 11.3 Å². The second-order valence-electron chi connectivity index (χ2n) is 3.06. The molecule has 15 heavy (non-hydrogen) atoms. The van der Waals surface area contributed by atoms with Crippen molar-refractivity contribution in [3.05, 3.63) is 36.3 Å². The molecule has 0 aromatic carbocycles. The number of hydrogen-bond donors (Lipinski definition) is 0. The van der Waals surface area contributed by atoms with E-state index in [2.05, 4.69) is 15.0 Å². The van der Waals surface area contributed by atoms with E-state index in [1.54, 1.807) is 24.2 Å². The Balaban J connectivity index is 2.49. The summed E-state index contributed by atoms with van der Waals surface area (Å²) in [5.41, 5.74) is 2.98. The predicted octanol–water partition coefficient (Wildman–Crippen LogP) is 2.57. The highest BCUT2D eigenvalue weighted by Gasteiger charge is 2.04. The lowest BCUT2D eigenvalue weighted by molar-refractivity contribution is 0.973. The average Bonchev–Trinajstić information content (AvgIpc) is 2.30. The second kappa shape index (κ2) is 4.40. The van der Waals surface area contributed by atoms with Gasteiger partial charge in [0.05, 0.1) is 5.69 Å². The quantitative estimate of drug-likeness (QED) is 0.572. The van der Waals surface area contributed by atoms with Crippen LogP contribution in [0, 0.1) is 6.92 Å². The minimum atomic E-state index is 0.788. The molecule has 0 radical (unpaired) electrons. The molecular formula is C11H11N3S. The van der Waals surface area contributed by atoms with Crippen LogP contribution in [0.5, 0.6) is 0 Å². The fourth-order valence-electron chi connectivity index (χ4n) is 1.34. The SMILES string of the molecule is CSc1nccc(-c2cccnc2C)n1. The van der Waals surface area contributed by atoms with Crippen molar-refractivity contribution < 1.29 is 0 Å². The number of rotatable bonds is 2. The van der Waals surface area contributed by atoms with E-state index in [1.807, 2.05) is 31.4 Å². The van der Waals surface area contributed by atoms with Gasteiger partial charge in [-0.2, -0.15) is 0 Å². The lowest BCUT2D eigenvalue weighted by Crippen LogP contribution is -1.92. The van der Waals surface area contributed by atoms with E-state index >= 15 is 0 Å². The molecule has 0 spiro atoms. The van der Waals surface area contributed by atoms with Crippen molar-refractivity contribution in [1.82, 2.24) is 15.0 Å². The first-order valence-corrected chi connectivity index (χ1v) is 5.83. The van der Waals surface area contributed by atoms with E-state index in [-0.39, 0.29) is 0 Å². The minimum Gasteiger partial charge on any atom is -0.261 e. The Kier molecular flexibility index (Phi) is 2.97. The largest absolute Gasteiger partial charge is 0.261 e. The van der Waals surface area contributed by atoms with Gasteiger partial charge >= 0.3 is 0 Å². The summed E-state index contributed by atoms with van der Waals surface area (Å²) in [5, 5.41) is 0.788. The molecule has 2 rings (SSSR count). The lowest BCUT2D eigenvalue weighted by atomic mass is 10.1. The zero-order chi connectivity index (χ0) is 10.7. The number of nitrogens with zero attached hydrogens (tertiary/aromatic N) is 3. The second-order valence-corrected chi connectivity index (χ2v) is 3.84. The molecule has 0 fully saturated rings. The highest BCUT2D eigenvalue weighted by Crippen LogP contribution is 2.20. The molecule has 3 nitrogen and oxygen atoms in total. The molecule has 0 amide bonds. The topological polar surface area (TPSA) is 38.7 Å². The molecular weight excluding hydrogens is 206 g/mol. The third kappa shape index (κ3) is 2.15. The maximum absolute atomic E-state index is 4.43. The van der Waals surface area contributed by atoms with E-state index in [1.165, 1.54) is 0 Å². The highest BCUT2D eigenvalue weighted by atomic mass is 32.2. The summed E-state index contributed by atoms with van der Waals surface area (Å²) in [6.45, 7) is 1.98. The standard InChI is InChI=1S/C11H11N3S/c1-8-9(4-3-6-12-8)10-5-7-13-11(14-10)15-2/h3-7H,1-2H3. The Labute approximate surface area is 93.0 Å². The smallest absolute Gasteiger partial charge is 0.187 e. The first-order chi connectivity index (χ1) is 7.31. The Morgan fingerprint density at radius 2 is 2.00 bits per heavy atom. The normalized spacial score (nSPS) is 10.3. The fraction of sp³-hybridized carbons (Fsp3) is 0.182. The monoisotopic (exact) mass is 217 g/mol. The summed E-state index contributed by atoms with van der Waals surface area (Å²) in [5.74, 6) is 0. The van der Waals surface area contributed by atoms with Gasteiger partial charge in [0, 0.05) is 23.7 Å². The van der Waals surface area contributed by atoms with Crippen LogP contribution in [-0.4, -0.2) is 21.2 Å². The fourth-order valence-corrected chi connectivity index (χ4v) is 1.70. The summed E-state index contributed by atoms with van der Waals surface area (Å²) >= 11 is 1.54. The number of thioether (sulfide) groups is 1. The molecule has 2 aromatic heterocycles. The van der Waals surface area contributed by atoms with Crippen LogP contribution in [0.2, 0.25) is 0 Å². The first-order valence-electron chi connectivity index (χ1n) is 4.60. The minimum absolute atomic E-state index is 0.788. The first kappa shape index (κ1) is 10.1. The molecule has 0 aliphatic heterocycles. The Hall–Kier alpha value is -1.42. The van der Waals surface area contributed by atoms with E-state index in [0.717, 1.165) is 22.1 Å². The van der Waals surface area contributed by atoms with Gasteiger partial charge in [0.2, 0.25) is 0 Å². The third-order valence-corrected chi connectivity index (χ3v) is 2.66.